The van der Waals surface area contributed by atoms with Crippen LogP contribution in [0.4, 0.5) is 5.69 Å². The molecule has 8 heteroatoms. The van der Waals surface area contributed by atoms with Crippen LogP contribution in [0.3, 0.4) is 0 Å². The van der Waals surface area contributed by atoms with Gasteiger partial charge in [0.1, 0.15) is 0 Å². The highest BCUT2D eigenvalue weighted by atomic mass is 32.2. The molecule has 0 unspecified atom stereocenters. The molecule has 1 aromatic rings. The van der Waals surface area contributed by atoms with E-state index in [1.54, 1.807) is 18.2 Å². The molecule has 22 heavy (non-hydrogen) atoms. The summed E-state index contributed by atoms with van der Waals surface area (Å²) >= 11 is 0. The SMILES string of the molecule is CS(=O)(=O)NC[C@H]1CCCN(Cc2ccccc2[N+](=O)[O-])C1. The predicted molar refractivity (Wildman–Crippen MR) is 83.9 cm³/mol. The van der Waals surface area contributed by atoms with Crippen molar-refractivity contribution in [3.05, 3.63) is 39.9 Å². The molecule has 1 aliphatic rings. The Morgan fingerprint density at radius 3 is 2.82 bits per heavy atom. The number of likely N-dealkylation sites (tertiary alicyclic amines) is 1. The number of nitrogens with zero attached hydrogens (tertiary/aromatic N) is 2. The van der Waals surface area contributed by atoms with Crippen LogP contribution in [0.15, 0.2) is 24.3 Å². The lowest BCUT2D eigenvalue weighted by molar-refractivity contribution is -0.385. The van der Waals surface area contributed by atoms with E-state index >= 15 is 0 Å². The monoisotopic (exact) mass is 327 g/mol. The van der Waals surface area contributed by atoms with Gasteiger partial charge in [-0.05, 0) is 25.3 Å². The Morgan fingerprint density at radius 1 is 1.41 bits per heavy atom. The number of hydrogen-bond donors (Lipinski definition) is 1. The van der Waals surface area contributed by atoms with Gasteiger partial charge in [-0.15, -0.1) is 0 Å². The maximum Gasteiger partial charge on any atom is 0.273 e. The van der Waals surface area contributed by atoms with Gasteiger partial charge in [0.25, 0.3) is 5.69 Å². The van der Waals surface area contributed by atoms with Gasteiger partial charge in [0, 0.05) is 31.3 Å². The van der Waals surface area contributed by atoms with Crippen molar-refractivity contribution >= 4 is 15.7 Å². The van der Waals surface area contributed by atoms with Crippen LogP contribution in [-0.2, 0) is 16.6 Å². The summed E-state index contributed by atoms with van der Waals surface area (Å²) in [7, 11) is -3.18. The molecular weight excluding hydrogens is 306 g/mol. The van der Waals surface area contributed by atoms with E-state index in [4.69, 9.17) is 0 Å². The Balaban J connectivity index is 1.97. The standard InChI is InChI=1S/C14H21N3O4S/c1-22(20,21)15-9-12-5-4-8-16(10-12)11-13-6-2-3-7-14(13)17(18)19/h2-3,6-7,12,15H,4-5,8-11H2,1H3/t12-/m1/s1. The number of rotatable bonds is 6. The van der Waals surface area contributed by atoms with E-state index in [0.717, 1.165) is 32.2 Å². The summed E-state index contributed by atoms with van der Waals surface area (Å²) in [6.45, 7) is 2.56. The lowest BCUT2D eigenvalue weighted by Gasteiger charge is -2.32. The second kappa shape index (κ2) is 7.17. The molecule has 7 nitrogen and oxygen atoms in total. The van der Waals surface area contributed by atoms with Gasteiger partial charge in [0.15, 0.2) is 0 Å². The van der Waals surface area contributed by atoms with Gasteiger partial charge in [-0.1, -0.05) is 18.2 Å². The Morgan fingerprint density at radius 2 is 2.14 bits per heavy atom. The number of para-hydroxylation sites is 1. The first-order chi connectivity index (χ1) is 10.3. The average Bonchev–Trinajstić information content (AvgIpc) is 2.45. The quantitative estimate of drug-likeness (QED) is 0.629. The fourth-order valence-corrected chi connectivity index (χ4v) is 3.33. The van der Waals surface area contributed by atoms with E-state index in [0.29, 0.717) is 18.7 Å². The predicted octanol–water partition coefficient (Wildman–Crippen LogP) is 1.36. The Bertz CT molecular complexity index is 633. The molecule has 0 aliphatic carbocycles. The van der Waals surface area contributed by atoms with E-state index < -0.39 is 10.0 Å². The number of sulfonamides is 1. The van der Waals surface area contributed by atoms with Crippen molar-refractivity contribution < 1.29 is 13.3 Å². The van der Waals surface area contributed by atoms with Gasteiger partial charge in [-0.3, -0.25) is 15.0 Å². The highest BCUT2D eigenvalue weighted by Gasteiger charge is 2.23. The molecule has 1 N–H and O–H groups in total. The molecule has 122 valence electrons. The van der Waals surface area contributed by atoms with Crippen molar-refractivity contribution in [2.75, 3.05) is 25.9 Å². The molecule has 1 aromatic carbocycles. The molecule has 1 aliphatic heterocycles. The number of piperidine rings is 1. The van der Waals surface area contributed by atoms with Gasteiger partial charge in [0.05, 0.1) is 11.2 Å². The van der Waals surface area contributed by atoms with Crippen LogP contribution in [0, 0.1) is 16.0 Å². The van der Waals surface area contributed by atoms with Gasteiger partial charge >= 0.3 is 0 Å². The first-order valence-electron chi connectivity index (χ1n) is 7.24. The molecule has 0 amide bonds. The van der Waals surface area contributed by atoms with Crippen molar-refractivity contribution in [3.8, 4) is 0 Å². The van der Waals surface area contributed by atoms with E-state index in [2.05, 4.69) is 9.62 Å². The largest absolute Gasteiger partial charge is 0.298 e. The summed E-state index contributed by atoms with van der Waals surface area (Å²) in [5.74, 6) is 0.242. The molecule has 1 fully saturated rings. The zero-order chi connectivity index (χ0) is 16.2. The van der Waals surface area contributed by atoms with Crippen LogP contribution in [-0.4, -0.2) is 44.1 Å². The average molecular weight is 327 g/mol. The molecular formula is C14H21N3O4S. The highest BCUT2D eigenvalue weighted by molar-refractivity contribution is 7.88. The minimum Gasteiger partial charge on any atom is -0.298 e. The highest BCUT2D eigenvalue weighted by Crippen LogP contribution is 2.23. The van der Waals surface area contributed by atoms with Crippen LogP contribution < -0.4 is 4.72 Å². The second-order valence-corrected chi connectivity index (χ2v) is 7.58. The zero-order valence-electron chi connectivity index (χ0n) is 12.6. The molecule has 2 rings (SSSR count). The van der Waals surface area contributed by atoms with Crippen LogP contribution in [0.25, 0.3) is 0 Å². The van der Waals surface area contributed by atoms with Crippen molar-refractivity contribution in [2.45, 2.75) is 19.4 Å². The Hall–Kier alpha value is -1.51. The molecule has 1 saturated heterocycles. The molecule has 0 spiro atoms. The zero-order valence-corrected chi connectivity index (χ0v) is 13.4. The molecule has 1 heterocycles. The first-order valence-corrected chi connectivity index (χ1v) is 9.13. The first kappa shape index (κ1) is 16.9. The summed E-state index contributed by atoms with van der Waals surface area (Å²) in [5.41, 5.74) is 0.836. The summed E-state index contributed by atoms with van der Waals surface area (Å²) < 4.78 is 24.9. The molecule has 1 atom stereocenters. The number of nitro groups is 1. The summed E-state index contributed by atoms with van der Waals surface area (Å²) in [4.78, 5) is 12.8. The van der Waals surface area contributed by atoms with E-state index in [1.165, 1.54) is 6.07 Å². The minimum absolute atomic E-state index is 0.138. The van der Waals surface area contributed by atoms with E-state index in [1.807, 2.05) is 0 Å². The van der Waals surface area contributed by atoms with E-state index in [-0.39, 0.29) is 16.5 Å². The van der Waals surface area contributed by atoms with Crippen molar-refractivity contribution in [1.82, 2.24) is 9.62 Å². The smallest absolute Gasteiger partial charge is 0.273 e. The summed E-state index contributed by atoms with van der Waals surface area (Å²) in [6, 6.07) is 6.75. The number of nitro benzene ring substituents is 1. The maximum atomic E-state index is 11.2. The third kappa shape index (κ3) is 5.04. The van der Waals surface area contributed by atoms with Gasteiger partial charge < -0.3 is 0 Å². The number of benzene rings is 1. The fraction of sp³-hybridized carbons (Fsp3) is 0.571. The van der Waals surface area contributed by atoms with Crippen molar-refractivity contribution in [2.24, 2.45) is 5.92 Å². The summed E-state index contributed by atoms with van der Waals surface area (Å²) in [5, 5.41) is 11.1. The molecule has 0 aromatic heterocycles. The third-order valence-corrected chi connectivity index (χ3v) is 4.51. The van der Waals surface area contributed by atoms with E-state index in [9.17, 15) is 18.5 Å². The van der Waals surface area contributed by atoms with Gasteiger partial charge in [-0.25, -0.2) is 13.1 Å². The third-order valence-electron chi connectivity index (χ3n) is 3.82. The Labute approximate surface area is 130 Å². The maximum absolute atomic E-state index is 11.2. The molecule has 0 saturated carbocycles. The van der Waals surface area contributed by atoms with Crippen LogP contribution in [0.5, 0.6) is 0 Å². The number of hydrogen-bond acceptors (Lipinski definition) is 5. The fourth-order valence-electron chi connectivity index (χ4n) is 2.79. The summed E-state index contributed by atoms with van der Waals surface area (Å²) in [6.07, 6.45) is 3.09. The van der Waals surface area contributed by atoms with Crippen molar-refractivity contribution in [3.63, 3.8) is 0 Å². The molecule has 0 radical (unpaired) electrons. The normalized spacial score (nSPS) is 20.0. The molecule has 0 bridgehead atoms. The Kier molecular flexibility index (Phi) is 5.49. The topological polar surface area (TPSA) is 92.6 Å². The van der Waals surface area contributed by atoms with Gasteiger partial charge in [-0.2, -0.15) is 0 Å². The minimum atomic E-state index is -3.18. The second-order valence-electron chi connectivity index (χ2n) is 5.75. The number of nitrogens with one attached hydrogen (secondary N) is 1. The lowest BCUT2D eigenvalue weighted by atomic mass is 9.97. The van der Waals surface area contributed by atoms with Crippen LogP contribution in [0.1, 0.15) is 18.4 Å². The lowest BCUT2D eigenvalue weighted by Crippen LogP contribution is -2.40. The van der Waals surface area contributed by atoms with Gasteiger partial charge in [0.2, 0.25) is 10.0 Å². The van der Waals surface area contributed by atoms with Crippen LogP contribution in [0.2, 0.25) is 0 Å². The van der Waals surface area contributed by atoms with Crippen molar-refractivity contribution in [1.29, 1.82) is 0 Å². The van der Waals surface area contributed by atoms with Crippen LogP contribution >= 0.6 is 0 Å².